The third-order valence-electron chi connectivity index (χ3n) is 3.56. The van der Waals surface area contributed by atoms with Gasteiger partial charge in [-0.05, 0) is 37.4 Å². The topological polar surface area (TPSA) is 56.1 Å². The summed E-state index contributed by atoms with van der Waals surface area (Å²) >= 11 is 1.45. The summed E-state index contributed by atoms with van der Waals surface area (Å²) < 4.78 is 0. The summed E-state index contributed by atoms with van der Waals surface area (Å²) in [5.41, 5.74) is 0.799. The number of rotatable bonds is 5. The maximum Gasteiger partial charge on any atom is 0.238 e. The van der Waals surface area contributed by atoms with Gasteiger partial charge in [0.1, 0.15) is 0 Å². The Balaban J connectivity index is 1.91. The van der Waals surface area contributed by atoms with Crippen LogP contribution in [-0.4, -0.2) is 36.2 Å². The van der Waals surface area contributed by atoms with E-state index < -0.39 is 0 Å². The Morgan fingerprint density at radius 1 is 1.52 bits per heavy atom. The van der Waals surface area contributed by atoms with Gasteiger partial charge in [0.05, 0.1) is 24.1 Å². The maximum absolute atomic E-state index is 12.2. The maximum atomic E-state index is 12.2. The van der Waals surface area contributed by atoms with Gasteiger partial charge in [-0.15, -0.1) is 11.8 Å². The minimum atomic E-state index is 0.0223. The SMILES string of the molecule is C[C@@H]1CCCN(CC(=O)Nc2ccccc2SCC#N)C1. The molecule has 4 nitrogen and oxygen atoms in total. The number of anilines is 1. The van der Waals surface area contributed by atoms with Crippen molar-refractivity contribution in [2.75, 3.05) is 30.7 Å². The van der Waals surface area contributed by atoms with Gasteiger partial charge in [0.2, 0.25) is 5.91 Å². The van der Waals surface area contributed by atoms with Crippen LogP contribution < -0.4 is 5.32 Å². The van der Waals surface area contributed by atoms with Crippen LogP contribution in [0.25, 0.3) is 0 Å². The van der Waals surface area contributed by atoms with Crippen molar-refractivity contribution in [1.82, 2.24) is 4.90 Å². The molecular weight excluding hydrogens is 282 g/mol. The van der Waals surface area contributed by atoms with Crippen LogP contribution in [-0.2, 0) is 4.79 Å². The van der Waals surface area contributed by atoms with Crippen LogP contribution in [0.4, 0.5) is 5.69 Å². The molecule has 5 heteroatoms. The van der Waals surface area contributed by atoms with Crippen molar-refractivity contribution in [2.24, 2.45) is 5.92 Å². The molecule has 0 radical (unpaired) electrons. The Morgan fingerprint density at radius 3 is 3.10 bits per heavy atom. The van der Waals surface area contributed by atoms with Gasteiger partial charge in [0, 0.05) is 11.4 Å². The fourth-order valence-corrected chi connectivity index (χ4v) is 3.30. The zero-order valence-electron chi connectivity index (χ0n) is 12.3. The molecule has 1 saturated heterocycles. The molecule has 0 bridgehead atoms. The average Bonchev–Trinajstić information content (AvgIpc) is 2.46. The lowest BCUT2D eigenvalue weighted by Crippen LogP contribution is -2.39. The number of hydrogen-bond acceptors (Lipinski definition) is 4. The fraction of sp³-hybridized carbons (Fsp3) is 0.500. The minimum absolute atomic E-state index is 0.0223. The van der Waals surface area contributed by atoms with E-state index in [-0.39, 0.29) is 5.91 Å². The highest BCUT2D eigenvalue weighted by molar-refractivity contribution is 7.99. The van der Waals surface area contributed by atoms with E-state index >= 15 is 0 Å². The van der Waals surface area contributed by atoms with E-state index in [1.165, 1.54) is 24.6 Å². The van der Waals surface area contributed by atoms with Gasteiger partial charge in [-0.1, -0.05) is 19.1 Å². The number of benzene rings is 1. The molecule has 1 amide bonds. The van der Waals surface area contributed by atoms with Crippen molar-refractivity contribution in [2.45, 2.75) is 24.7 Å². The number of amides is 1. The molecule has 0 aromatic heterocycles. The first-order chi connectivity index (χ1) is 10.2. The highest BCUT2D eigenvalue weighted by atomic mass is 32.2. The number of hydrogen-bond donors (Lipinski definition) is 1. The fourth-order valence-electron chi connectivity index (χ4n) is 2.63. The number of nitrogens with one attached hydrogen (secondary N) is 1. The first-order valence-electron chi connectivity index (χ1n) is 7.30. The number of piperidine rings is 1. The molecule has 0 unspecified atom stereocenters. The van der Waals surface area contributed by atoms with Gasteiger partial charge in [0.25, 0.3) is 0 Å². The minimum Gasteiger partial charge on any atom is -0.324 e. The third kappa shape index (κ3) is 5.07. The van der Waals surface area contributed by atoms with Gasteiger partial charge in [-0.3, -0.25) is 9.69 Å². The van der Waals surface area contributed by atoms with Crippen LogP contribution in [0.2, 0.25) is 0 Å². The Kier molecular flexibility index (Phi) is 6.09. The summed E-state index contributed by atoms with van der Waals surface area (Å²) in [6.07, 6.45) is 2.43. The van der Waals surface area contributed by atoms with Crippen LogP contribution in [0.5, 0.6) is 0 Å². The van der Waals surface area contributed by atoms with E-state index in [0.717, 1.165) is 23.7 Å². The molecule has 1 aliphatic heterocycles. The summed E-state index contributed by atoms with van der Waals surface area (Å²) in [6.45, 7) is 4.68. The standard InChI is InChI=1S/C16H21N3OS/c1-13-5-4-9-19(11-13)12-16(20)18-14-6-2-3-7-15(14)21-10-8-17/h2-3,6-7,13H,4-5,9-12H2,1H3,(H,18,20)/t13-/m1/s1. The van der Waals surface area contributed by atoms with Crippen LogP contribution in [0.1, 0.15) is 19.8 Å². The third-order valence-corrected chi connectivity index (χ3v) is 4.50. The van der Waals surface area contributed by atoms with E-state index in [1.54, 1.807) is 0 Å². The van der Waals surface area contributed by atoms with Gasteiger partial charge in [0.15, 0.2) is 0 Å². The molecule has 2 rings (SSSR count). The predicted molar refractivity (Wildman–Crippen MR) is 86.2 cm³/mol. The number of nitrogens with zero attached hydrogens (tertiary/aromatic N) is 2. The summed E-state index contributed by atoms with van der Waals surface area (Å²) in [7, 11) is 0. The first kappa shape index (κ1) is 15.9. The lowest BCUT2D eigenvalue weighted by molar-refractivity contribution is -0.117. The summed E-state index contributed by atoms with van der Waals surface area (Å²) in [5, 5.41) is 11.6. The average molecular weight is 303 g/mol. The van der Waals surface area contributed by atoms with Crippen molar-refractivity contribution in [3.05, 3.63) is 24.3 Å². The Labute approximate surface area is 130 Å². The smallest absolute Gasteiger partial charge is 0.238 e. The first-order valence-corrected chi connectivity index (χ1v) is 8.28. The molecule has 1 aromatic carbocycles. The number of carbonyl (C=O) groups is 1. The van der Waals surface area contributed by atoms with Crippen molar-refractivity contribution in [1.29, 1.82) is 5.26 Å². The van der Waals surface area contributed by atoms with E-state index in [4.69, 9.17) is 5.26 Å². The van der Waals surface area contributed by atoms with E-state index in [2.05, 4.69) is 23.2 Å². The van der Waals surface area contributed by atoms with Gasteiger partial charge < -0.3 is 5.32 Å². The lowest BCUT2D eigenvalue weighted by atomic mass is 10.0. The number of likely N-dealkylation sites (tertiary alicyclic amines) is 1. The molecule has 0 spiro atoms. The Hall–Kier alpha value is -1.51. The van der Waals surface area contributed by atoms with Gasteiger partial charge in [-0.25, -0.2) is 0 Å². The number of para-hydroxylation sites is 1. The molecular formula is C16H21N3OS. The quantitative estimate of drug-likeness (QED) is 0.850. The largest absolute Gasteiger partial charge is 0.324 e. The molecule has 1 heterocycles. The van der Waals surface area contributed by atoms with Crippen molar-refractivity contribution < 1.29 is 4.79 Å². The normalized spacial score (nSPS) is 19.0. The van der Waals surface area contributed by atoms with Gasteiger partial charge in [-0.2, -0.15) is 5.26 Å². The predicted octanol–water partition coefficient (Wildman–Crippen LogP) is 2.97. The highest BCUT2D eigenvalue weighted by Gasteiger charge is 2.18. The molecule has 1 aliphatic rings. The van der Waals surface area contributed by atoms with Crippen molar-refractivity contribution in [3.63, 3.8) is 0 Å². The molecule has 21 heavy (non-hydrogen) atoms. The second-order valence-electron chi connectivity index (χ2n) is 5.47. The second-order valence-corrected chi connectivity index (χ2v) is 6.49. The molecule has 1 aromatic rings. The van der Waals surface area contributed by atoms with E-state index in [1.807, 2.05) is 24.3 Å². The number of carbonyl (C=O) groups excluding carboxylic acids is 1. The lowest BCUT2D eigenvalue weighted by Gasteiger charge is -2.30. The van der Waals surface area contributed by atoms with E-state index in [0.29, 0.717) is 18.2 Å². The van der Waals surface area contributed by atoms with Crippen LogP contribution in [0.3, 0.4) is 0 Å². The Morgan fingerprint density at radius 2 is 2.33 bits per heavy atom. The van der Waals surface area contributed by atoms with Crippen LogP contribution >= 0.6 is 11.8 Å². The van der Waals surface area contributed by atoms with Crippen molar-refractivity contribution in [3.8, 4) is 6.07 Å². The number of nitriles is 1. The molecule has 1 N–H and O–H groups in total. The van der Waals surface area contributed by atoms with E-state index in [9.17, 15) is 4.79 Å². The summed E-state index contributed by atoms with van der Waals surface area (Å²) in [4.78, 5) is 15.3. The molecule has 0 aliphatic carbocycles. The Bertz CT molecular complexity index is 526. The monoisotopic (exact) mass is 303 g/mol. The zero-order valence-corrected chi connectivity index (χ0v) is 13.2. The highest BCUT2D eigenvalue weighted by Crippen LogP contribution is 2.26. The number of thioether (sulfide) groups is 1. The molecule has 112 valence electrons. The van der Waals surface area contributed by atoms with Crippen LogP contribution in [0.15, 0.2) is 29.2 Å². The molecule has 1 fully saturated rings. The van der Waals surface area contributed by atoms with Crippen LogP contribution in [0, 0.1) is 17.2 Å². The summed E-state index contributed by atoms with van der Waals surface area (Å²) in [6, 6.07) is 9.74. The summed E-state index contributed by atoms with van der Waals surface area (Å²) in [5.74, 6) is 1.08. The second kappa shape index (κ2) is 8.06. The molecule has 0 saturated carbocycles. The molecule has 1 atom stereocenters. The zero-order chi connectivity index (χ0) is 15.1. The van der Waals surface area contributed by atoms with Crippen molar-refractivity contribution >= 4 is 23.4 Å². The van der Waals surface area contributed by atoms with Gasteiger partial charge >= 0.3 is 0 Å².